The molecule has 0 bridgehead atoms. The summed E-state index contributed by atoms with van der Waals surface area (Å²) < 4.78 is 10.6. The molecule has 0 aromatic heterocycles. The van der Waals surface area contributed by atoms with E-state index in [1.807, 2.05) is 30.0 Å². The Balaban J connectivity index is 1.52. The second-order valence-electron chi connectivity index (χ2n) is 7.88. The number of hydrogen-bond donors (Lipinski definition) is 1. The van der Waals surface area contributed by atoms with Crippen LogP contribution in [0.1, 0.15) is 31.9 Å². The smallest absolute Gasteiger partial charge is 0.161 e. The van der Waals surface area contributed by atoms with Crippen molar-refractivity contribution in [1.82, 2.24) is 4.90 Å². The first-order valence-corrected chi connectivity index (χ1v) is 11.5. The molecule has 0 saturated carbocycles. The molecule has 3 rings (SSSR count). The minimum Gasteiger partial charge on any atom is -0.493 e. The summed E-state index contributed by atoms with van der Waals surface area (Å²) >= 11 is 1.93. The third-order valence-electron chi connectivity index (χ3n) is 5.45. The van der Waals surface area contributed by atoms with Crippen molar-refractivity contribution in [3.05, 3.63) is 48.0 Å². The van der Waals surface area contributed by atoms with Crippen LogP contribution in [0.2, 0.25) is 0 Å². The van der Waals surface area contributed by atoms with Crippen LogP contribution in [0.15, 0.2) is 47.4 Å². The number of rotatable bonds is 9. The molecule has 0 spiro atoms. The SMILES string of the molecule is COc1ccc(C(O)CCN2CCN(c3ccccc3SC(C)C)CC2)cc1OC. The van der Waals surface area contributed by atoms with Crippen LogP contribution in [0, 0.1) is 0 Å². The van der Waals surface area contributed by atoms with E-state index in [-0.39, 0.29) is 0 Å². The predicted octanol–water partition coefficient (Wildman–Crippen LogP) is 4.45. The van der Waals surface area contributed by atoms with E-state index < -0.39 is 6.10 Å². The molecule has 5 nitrogen and oxygen atoms in total. The van der Waals surface area contributed by atoms with E-state index in [1.165, 1.54) is 10.6 Å². The molecule has 0 amide bonds. The first kappa shape index (κ1) is 22.8. The highest BCUT2D eigenvalue weighted by Gasteiger charge is 2.21. The van der Waals surface area contributed by atoms with Gasteiger partial charge < -0.3 is 19.5 Å². The van der Waals surface area contributed by atoms with Gasteiger partial charge in [0.1, 0.15) is 0 Å². The van der Waals surface area contributed by atoms with Crippen LogP contribution in [0.5, 0.6) is 11.5 Å². The van der Waals surface area contributed by atoms with Crippen molar-refractivity contribution in [2.75, 3.05) is 51.8 Å². The summed E-state index contributed by atoms with van der Waals surface area (Å²) in [6.07, 6.45) is 0.195. The topological polar surface area (TPSA) is 45.2 Å². The molecule has 1 aliphatic rings. The molecule has 30 heavy (non-hydrogen) atoms. The maximum Gasteiger partial charge on any atom is 0.161 e. The number of ether oxygens (including phenoxy) is 2. The first-order chi connectivity index (χ1) is 14.5. The summed E-state index contributed by atoms with van der Waals surface area (Å²) in [4.78, 5) is 6.30. The van der Waals surface area contributed by atoms with Gasteiger partial charge in [0.05, 0.1) is 26.0 Å². The van der Waals surface area contributed by atoms with Crippen LogP contribution in [0.4, 0.5) is 5.69 Å². The van der Waals surface area contributed by atoms with E-state index in [0.29, 0.717) is 23.2 Å². The van der Waals surface area contributed by atoms with E-state index in [0.717, 1.165) is 38.3 Å². The van der Waals surface area contributed by atoms with Crippen molar-refractivity contribution in [1.29, 1.82) is 0 Å². The summed E-state index contributed by atoms with van der Waals surface area (Å²) in [7, 11) is 3.23. The van der Waals surface area contributed by atoms with E-state index in [2.05, 4.69) is 47.9 Å². The third-order valence-corrected chi connectivity index (χ3v) is 6.52. The number of anilines is 1. The maximum absolute atomic E-state index is 10.6. The number of hydrogen-bond acceptors (Lipinski definition) is 6. The van der Waals surface area contributed by atoms with Crippen LogP contribution in [0.3, 0.4) is 0 Å². The van der Waals surface area contributed by atoms with Crippen molar-refractivity contribution in [2.45, 2.75) is 36.5 Å². The summed E-state index contributed by atoms with van der Waals surface area (Å²) in [5.74, 6) is 1.33. The number of thioether (sulfide) groups is 1. The van der Waals surface area contributed by atoms with Crippen molar-refractivity contribution in [2.24, 2.45) is 0 Å². The van der Waals surface area contributed by atoms with Gasteiger partial charge in [-0.1, -0.05) is 32.0 Å². The molecule has 1 unspecified atom stereocenters. The van der Waals surface area contributed by atoms with E-state index >= 15 is 0 Å². The lowest BCUT2D eigenvalue weighted by atomic mass is 10.1. The lowest BCUT2D eigenvalue weighted by Gasteiger charge is -2.37. The van der Waals surface area contributed by atoms with Gasteiger partial charge in [-0.25, -0.2) is 0 Å². The molecule has 1 fully saturated rings. The van der Waals surface area contributed by atoms with Gasteiger partial charge in [-0.15, -0.1) is 11.8 Å². The zero-order valence-corrected chi connectivity index (χ0v) is 19.3. The molecule has 6 heteroatoms. The van der Waals surface area contributed by atoms with E-state index in [9.17, 15) is 5.11 Å². The van der Waals surface area contributed by atoms with Crippen LogP contribution in [-0.2, 0) is 0 Å². The number of methoxy groups -OCH3 is 2. The molecule has 164 valence electrons. The zero-order chi connectivity index (χ0) is 21.5. The largest absolute Gasteiger partial charge is 0.493 e. The summed E-state index contributed by atoms with van der Waals surface area (Å²) in [6.45, 7) is 9.42. The number of aliphatic hydroxyl groups is 1. The highest BCUT2D eigenvalue weighted by Crippen LogP contribution is 2.34. The van der Waals surface area contributed by atoms with E-state index in [4.69, 9.17) is 9.47 Å². The fraction of sp³-hybridized carbons (Fsp3) is 0.500. The third kappa shape index (κ3) is 5.84. The van der Waals surface area contributed by atoms with Gasteiger partial charge in [-0.3, -0.25) is 4.90 Å². The van der Waals surface area contributed by atoms with Crippen LogP contribution in [0.25, 0.3) is 0 Å². The van der Waals surface area contributed by atoms with Crippen LogP contribution in [-0.4, -0.2) is 62.2 Å². The van der Waals surface area contributed by atoms with Crippen molar-refractivity contribution in [3.63, 3.8) is 0 Å². The average molecular weight is 431 g/mol. The van der Waals surface area contributed by atoms with Gasteiger partial charge in [-0.05, 0) is 36.2 Å². The highest BCUT2D eigenvalue weighted by atomic mass is 32.2. The minimum absolute atomic E-state index is 0.508. The Hall–Kier alpha value is -1.89. The summed E-state index contributed by atoms with van der Waals surface area (Å²) in [5, 5.41) is 11.2. The molecular formula is C24H34N2O3S. The quantitative estimate of drug-likeness (QED) is 0.593. The average Bonchev–Trinajstić information content (AvgIpc) is 2.77. The second-order valence-corrected chi connectivity index (χ2v) is 9.50. The molecule has 1 atom stereocenters. The standard InChI is InChI=1S/C24H34N2O3S/c1-18(2)30-24-8-6-5-7-20(24)26-15-13-25(14-16-26)12-11-21(27)19-9-10-22(28-3)23(17-19)29-4/h5-10,17-18,21,27H,11-16H2,1-4H3. The molecule has 1 heterocycles. The Morgan fingerprint density at radius 3 is 2.33 bits per heavy atom. The maximum atomic E-state index is 10.6. The summed E-state index contributed by atoms with van der Waals surface area (Å²) in [6, 6.07) is 14.3. The number of benzene rings is 2. The lowest BCUT2D eigenvalue weighted by molar-refractivity contribution is 0.139. The molecule has 1 saturated heterocycles. The van der Waals surface area contributed by atoms with Crippen molar-refractivity contribution in [3.8, 4) is 11.5 Å². The van der Waals surface area contributed by atoms with Crippen molar-refractivity contribution >= 4 is 17.4 Å². The van der Waals surface area contributed by atoms with Crippen molar-refractivity contribution < 1.29 is 14.6 Å². The molecular weight excluding hydrogens is 396 g/mol. The van der Waals surface area contributed by atoms with Gasteiger partial charge in [0, 0.05) is 42.9 Å². The zero-order valence-electron chi connectivity index (χ0n) is 18.5. The van der Waals surface area contributed by atoms with Gasteiger partial charge in [0.2, 0.25) is 0 Å². The Morgan fingerprint density at radius 1 is 0.967 bits per heavy atom. The first-order valence-electron chi connectivity index (χ1n) is 10.6. The molecule has 0 aliphatic carbocycles. The van der Waals surface area contributed by atoms with Crippen LogP contribution >= 0.6 is 11.8 Å². The lowest BCUT2D eigenvalue weighted by Crippen LogP contribution is -2.47. The van der Waals surface area contributed by atoms with E-state index in [1.54, 1.807) is 14.2 Å². The number of nitrogens with zero attached hydrogens (tertiary/aromatic N) is 2. The number of para-hydroxylation sites is 1. The minimum atomic E-state index is -0.508. The van der Waals surface area contributed by atoms with Gasteiger partial charge in [0.15, 0.2) is 11.5 Å². The Bertz CT molecular complexity index is 807. The molecule has 0 radical (unpaired) electrons. The van der Waals surface area contributed by atoms with Crippen LogP contribution < -0.4 is 14.4 Å². The second kappa shape index (κ2) is 10.9. The normalized spacial score (nSPS) is 16.0. The Morgan fingerprint density at radius 2 is 1.67 bits per heavy atom. The van der Waals surface area contributed by atoms with Gasteiger partial charge >= 0.3 is 0 Å². The molecule has 2 aromatic carbocycles. The van der Waals surface area contributed by atoms with Gasteiger partial charge in [-0.2, -0.15) is 0 Å². The fourth-order valence-corrected chi connectivity index (χ4v) is 4.80. The number of piperazine rings is 1. The Kier molecular flexibility index (Phi) is 8.31. The predicted molar refractivity (Wildman–Crippen MR) is 125 cm³/mol. The molecule has 2 aromatic rings. The Labute approximate surface area is 185 Å². The molecule has 1 aliphatic heterocycles. The van der Waals surface area contributed by atoms with Gasteiger partial charge in [0.25, 0.3) is 0 Å². The fourth-order valence-electron chi connectivity index (χ4n) is 3.82. The summed E-state index contributed by atoms with van der Waals surface area (Å²) in [5.41, 5.74) is 2.21. The monoisotopic (exact) mass is 430 g/mol. The highest BCUT2D eigenvalue weighted by molar-refractivity contribution is 8.00. The number of aliphatic hydroxyl groups excluding tert-OH is 1. The molecule has 1 N–H and O–H groups in total.